The summed E-state index contributed by atoms with van der Waals surface area (Å²) in [6.45, 7) is 0.249. The molecule has 1 aliphatic rings. The van der Waals surface area contributed by atoms with Crippen LogP contribution in [0.25, 0.3) is 0 Å². The van der Waals surface area contributed by atoms with Crippen LogP contribution in [0.5, 0.6) is 11.5 Å². The Morgan fingerprint density at radius 2 is 2.06 bits per heavy atom. The van der Waals surface area contributed by atoms with E-state index in [1.54, 1.807) is 0 Å². The third kappa shape index (κ3) is 1.66. The number of rotatable bonds is 2. The number of ether oxygens (including phenoxy) is 2. The zero-order chi connectivity index (χ0) is 11.8. The molecule has 4 heteroatoms. The quantitative estimate of drug-likeness (QED) is 0.857. The third-order valence-electron chi connectivity index (χ3n) is 2.98. The standard InChI is InChI=1S/C13H13NO3/c1-14-6-2-3-10(14)13(15)9-4-5-11-12(7-9)17-8-16-11/h2-7,13,15H,8H2,1H3/t13-/m1/s1. The highest BCUT2D eigenvalue weighted by Crippen LogP contribution is 2.35. The van der Waals surface area contributed by atoms with Crippen molar-refractivity contribution in [2.75, 3.05) is 6.79 Å². The molecule has 0 fully saturated rings. The van der Waals surface area contributed by atoms with Gasteiger partial charge in [0.15, 0.2) is 11.5 Å². The van der Waals surface area contributed by atoms with E-state index < -0.39 is 6.10 Å². The van der Waals surface area contributed by atoms with Crippen LogP contribution in [0.3, 0.4) is 0 Å². The van der Waals surface area contributed by atoms with Crippen molar-refractivity contribution in [3.8, 4) is 11.5 Å². The van der Waals surface area contributed by atoms with E-state index in [2.05, 4.69) is 0 Å². The molecule has 88 valence electrons. The average molecular weight is 231 g/mol. The van der Waals surface area contributed by atoms with E-state index in [9.17, 15) is 5.11 Å². The molecule has 0 saturated carbocycles. The van der Waals surface area contributed by atoms with E-state index in [0.717, 1.165) is 17.0 Å². The molecule has 0 spiro atoms. The van der Waals surface area contributed by atoms with Gasteiger partial charge in [0.1, 0.15) is 6.10 Å². The van der Waals surface area contributed by atoms with Crippen LogP contribution in [-0.2, 0) is 7.05 Å². The highest BCUT2D eigenvalue weighted by molar-refractivity contribution is 5.46. The van der Waals surface area contributed by atoms with Crippen molar-refractivity contribution in [1.82, 2.24) is 4.57 Å². The van der Waals surface area contributed by atoms with Crippen molar-refractivity contribution in [2.45, 2.75) is 6.10 Å². The van der Waals surface area contributed by atoms with Crippen molar-refractivity contribution >= 4 is 0 Å². The van der Waals surface area contributed by atoms with Gasteiger partial charge >= 0.3 is 0 Å². The maximum atomic E-state index is 10.3. The minimum Gasteiger partial charge on any atom is -0.454 e. The van der Waals surface area contributed by atoms with Crippen LogP contribution in [0.4, 0.5) is 0 Å². The van der Waals surface area contributed by atoms with Crippen LogP contribution in [0, 0.1) is 0 Å². The zero-order valence-electron chi connectivity index (χ0n) is 9.46. The largest absolute Gasteiger partial charge is 0.454 e. The van der Waals surface area contributed by atoms with Crippen molar-refractivity contribution < 1.29 is 14.6 Å². The fourth-order valence-electron chi connectivity index (χ4n) is 2.01. The SMILES string of the molecule is Cn1cccc1[C@H](O)c1ccc2c(c1)OCO2. The first kappa shape index (κ1) is 10.2. The second-order valence-electron chi connectivity index (χ2n) is 4.06. The van der Waals surface area contributed by atoms with Gasteiger partial charge in [-0.15, -0.1) is 0 Å². The van der Waals surface area contributed by atoms with Gasteiger partial charge in [0.25, 0.3) is 0 Å². The van der Waals surface area contributed by atoms with E-state index in [4.69, 9.17) is 9.47 Å². The second-order valence-corrected chi connectivity index (χ2v) is 4.06. The van der Waals surface area contributed by atoms with E-state index in [0.29, 0.717) is 5.75 Å². The summed E-state index contributed by atoms with van der Waals surface area (Å²) in [5.41, 5.74) is 1.65. The predicted molar refractivity (Wildman–Crippen MR) is 62.0 cm³/mol. The van der Waals surface area contributed by atoms with Crippen LogP contribution in [-0.4, -0.2) is 16.5 Å². The minimum absolute atomic E-state index is 0.249. The summed E-state index contributed by atoms with van der Waals surface area (Å²) in [5, 5.41) is 10.3. The smallest absolute Gasteiger partial charge is 0.231 e. The lowest BCUT2D eigenvalue weighted by molar-refractivity contribution is 0.173. The van der Waals surface area contributed by atoms with E-state index in [1.807, 2.05) is 48.1 Å². The molecule has 0 aliphatic carbocycles. The first-order valence-corrected chi connectivity index (χ1v) is 5.44. The molecule has 1 aromatic carbocycles. The number of benzene rings is 1. The van der Waals surface area contributed by atoms with Crippen LogP contribution in [0.1, 0.15) is 17.4 Å². The zero-order valence-corrected chi connectivity index (χ0v) is 9.46. The van der Waals surface area contributed by atoms with Gasteiger partial charge in [-0.25, -0.2) is 0 Å². The maximum Gasteiger partial charge on any atom is 0.231 e. The van der Waals surface area contributed by atoms with Gasteiger partial charge in [-0.3, -0.25) is 0 Å². The monoisotopic (exact) mass is 231 g/mol. The van der Waals surface area contributed by atoms with Crippen molar-refractivity contribution in [3.05, 3.63) is 47.8 Å². The molecule has 2 heterocycles. The normalized spacial score (nSPS) is 14.9. The third-order valence-corrected chi connectivity index (χ3v) is 2.98. The Hall–Kier alpha value is -1.94. The summed E-state index contributed by atoms with van der Waals surface area (Å²) in [7, 11) is 1.91. The number of hydrogen-bond acceptors (Lipinski definition) is 3. The number of fused-ring (bicyclic) bond motifs is 1. The lowest BCUT2D eigenvalue weighted by atomic mass is 10.1. The van der Waals surface area contributed by atoms with Gasteiger partial charge in [0.2, 0.25) is 6.79 Å². The number of aliphatic hydroxyl groups excluding tert-OH is 1. The Morgan fingerprint density at radius 3 is 2.82 bits per heavy atom. The molecule has 0 unspecified atom stereocenters. The van der Waals surface area contributed by atoms with Gasteiger partial charge in [-0.1, -0.05) is 6.07 Å². The molecule has 1 atom stereocenters. The summed E-state index contributed by atoms with van der Waals surface area (Å²) < 4.78 is 12.4. The number of hydrogen-bond donors (Lipinski definition) is 1. The summed E-state index contributed by atoms with van der Waals surface area (Å²) in [5.74, 6) is 1.42. The van der Waals surface area contributed by atoms with Gasteiger partial charge < -0.3 is 19.1 Å². The lowest BCUT2D eigenvalue weighted by Crippen LogP contribution is -2.04. The van der Waals surface area contributed by atoms with E-state index >= 15 is 0 Å². The molecule has 2 aromatic rings. The number of nitrogens with zero attached hydrogens (tertiary/aromatic N) is 1. The molecule has 1 aliphatic heterocycles. The first-order valence-electron chi connectivity index (χ1n) is 5.44. The minimum atomic E-state index is -0.649. The Bertz CT molecular complexity index is 547. The molecule has 1 aromatic heterocycles. The van der Waals surface area contributed by atoms with E-state index in [1.165, 1.54) is 0 Å². The van der Waals surface area contributed by atoms with Gasteiger partial charge in [0.05, 0.1) is 5.69 Å². The number of aromatic nitrogens is 1. The highest BCUT2D eigenvalue weighted by Gasteiger charge is 2.18. The first-order chi connectivity index (χ1) is 8.25. The van der Waals surface area contributed by atoms with Gasteiger partial charge in [-0.05, 0) is 29.8 Å². The molecule has 0 radical (unpaired) electrons. The molecule has 0 amide bonds. The maximum absolute atomic E-state index is 10.3. The number of aliphatic hydroxyl groups is 1. The predicted octanol–water partition coefficient (Wildman–Crippen LogP) is 1.84. The second kappa shape index (κ2) is 3.82. The van der Waals surface area contributed by atoms with Crippen molar-refractivity contribution in [3.63, 3.8) is 0 Å². The Morgan fingerprint density at radius 1 is 1.24 bits per heavy atom. The van der Waals surface area contributed by atoms with Crippen molar-refractivity contribution in [2.24, 2.45) is 7.05 Å². The Kier molecular flexibility index (Phi) is 2.30. The molecule has 4 nitrogen and oxygen atoms in total. The summed E-state index contributed by atoms with van der Waals surface area (Å²) in [4.78, 5) is 0. The lowest BCUT2D eigenvalue weighted by Gasteiger charge is -2.12. The van der Waals surface area contributed by atoms with Crippen LogP contribution in [0.15, 0.2) is 36.5 Å². The molecule has 3 rings (SSSR count). The average Bonchev–Trinajstić information content (AvgIpc) is 2.95. The Balaban J connectivity index is 1.97. The van der Waals surface area contributed by atoms with Crippen LogP contribution in [0.2, 0.25) is 0 Å². The molecule has 1 N–H and O–H groups in total. The summed E-state index contributed by atoms with van der Waals surface area (Å²) in [6, 6.07) is 9.30. The van der Waals surface area contributed by atoms with Gasteiger partial charge in [-0.2, -0.15) is 0 Å². The molecule has 0 bridgehead atoms. The number of aryl methyl sites for hydroxylation is 1. The highest BCUT2D eigenvalue weighted by atomic mass is 16.7. The Labute approximate surface area is 99.0 Å². The fourth-order valence-corrected chi connectivity index (χ4v) is 2.01. The fraction of sp³-hybridized carbons (Fsp3) is 0.231. The summed E-state index contributed by atoms with van der Waals surface area (Å²) in [6.07, 6.45) is 1.26. The topological polar surface area (TPSA) is 43.6 Å². The molecular formula is C13H13NO3. The van der Waals surface area contributed by atoms with E-state index in [-0.39, 0.29) is 6.79 Å². The molecular weight excluding hydrogens is 218 g/mol. The van der Waals surface area contributed by atoms with Crippen LogP contribution < -0.4 is 9.47 Å². The molecule has 0 saturated heterocycles. The van der Waals surface area contributed by atoms with Crippen LogP contribution >= 0.6 is 0 Å². The molecule has 17 heavy (non-hydrogen) atoms. The van der Waals surface area contributed by atoms with Crippen molar-refractivity contribution in [1.29, 1.82) is 0 Å². The summed E-state index contributed by atoms with van der Waals surface area (Å²) >= 11 is 0. The van der Waals surface area contributed by atoms with Gasteiger partial charge in [0, 0.05) is 13.2 Å².